The predicted molar refractivity (Wildman–Crippen MR) is 74.0 cm³/mol. The van der Waals surface area contributed by atoms with Crippen molar-refractivity contribution in [3.05, 3.63) is 28.2 Å². The van der Waals surface area contributed by atoms with Gasteiger partial charge in [0.25, 0.3) is 5.91 Å². The van der Waals surface area contributed by atoms with Crippen LogP contribution in [0.5, 0.6) is 5.75 Å². The minimum absolute atomic E-state index is 0.0943. The standard InChI is InChI=1S/C14H16BrNO3/c15-11-4-3-10-9-16(5-7-19-13(10)8-11)14(17)12-2-1-6-18-12/h3-4,8,12H,1-2,5-7,9H2. The summed E-state index contributed by atoms with van der Waals surface area (Å²) in [7, 11) is 0. The minimum Gasteiger partial charge on any atom is -0.491 e. The van der Waals surface area contributed by atoms with E-state index in [1.807, 2.05) is 23.1 Å². The van der Waals surface area contributed by atoms with Gasteiger partial charge in [0.15, 0.2) is 0 Å². The maximum atomic E-state index is 12.4. The van der Waals surface area contributed by atoms with Gasteiger partial charge >= 0.3 is 0 Å². The largest absolute Gasteiger partial charge is 0.491 e. The molecule has 1 aromatic rings. The van der Waals surface area contributed by atoms with Crippen molar-refractivity contribution in [3.63, 3.8) is 0 Å². The average molecular weight is 326 g/mol. The van der Waals surface area contributed by atoms with E-state index in [1.54, 1.807) is 0 Å². The Hall–Kier alpha value is -1.07. The second-order valence-electron chi connectivity index (χ2n) is 4.86. The lowest BCUT2D eigenvalue weighted by molar-refractivity contribution is -0.141. The number of rotatable bonds is 1. The van der Waals surface area contributed by atoms with E-state index in [2.05, 4.69) is 15.9 Å². The summed E-state index contributed by atoms with van der Waals surface area (Å²) in [5.41, 5.74) is 1.05. The van der Waals surface area contributed by atoms with Gasteiger partial charge in [0, 0.05) is 23.2 Å². The molecule has 2 aliphatic heterocycles. The molecule has 1 saturated heterocycles. The molecule has 1 aromatic carbocycles. The Morgan fingerprint density at radius 1 is 1.37 bits per heavy atom. The van der Waals surface area contributed by atoms with Gasteiger partial charge in [-0.05, 0) is 25.0 Å². The van der Waals surface area contributed by atoms with Crippen molar-refractivity contribution < 1.29 is 14.3 Å². The number of carbonyl (C=O) groups is 1. The van der Waals surface area contributed by atoms with Crippen LogP contribution in [0.2, 0.25) is 0 Å². The Labute approximate surface area is 120 Å². The molecule has 3 rings (SSSR count). The first-order valence-corrected chi connectivity index (χ1v) is 7.35. The van der Waals surface area contributed by atoms with Crippen molar-refractivity contribution in [1.29, 1.82) is 0 Å². The van der Waals surface area contributed by atoms with Crippen LogP contribution in [-0.2, 0) is 16.1 Å². The van der Waals surface area contributed by atoms with Crippen LogP contribution in [-0.4, -0.2) is 36.7 Å². The number of benzene rings is 1. The average Bonchev–Trinajstić information content (AvgIpc) is 2.85. The third kappa shape index (κ3) is 2.77. The van der Waals surface area contributed by atoms with Gasteiger partial charge < -0.3 is 14.4 Å². The third-order valence-electron chi connectivity index (χ3n) is 3.53. The molecule has 102 valence electrons. The van der Waals surface area contributed by atoms with Gasteiger partial charge in [-0.25, -0.2) is 0 Å². The SMILES string of the molecule is O=C(C1CCCO1)N1CCOc2cc(Br)ccc2C1. The number of amides is 1. The molecule has 0 N–H and O–H groups in total. The minimum atomic E-state index is -0.253. The number of carbonyl (C=O) groups excluding carboxylic acids is 1. The van der Waals surface area contributed by atoms with Gasteiger partial charge in [-0.15, -0.1) is 0 Å². The summed E-state index contributed by atoms with van der Waals surface area (Å²) in [5.74, 6) is 0.953. The number of hydrogen-bond acceptors (Lipinski definition) is 3. The molecular formula is C14H16BrNO3. The highest BCUT2D eigenvalue weighted by Gasteiger charge is 2.29. The van der Waals surface area contributed by atoms with Crippen LogP contribution in [0, 0.1) is 0 Å². The van der Waals surface area contributed by atoms with Gasteiger partial charge in [0.05, 0.1) is 6.54 Å². The van der Waals surface area contributed by atoms with E-state index >= 15 is 0 Å². The first-order valence-electron chi connectivity index (χ1n) is 6.55. The Bertz CT molecular complexity index is 486. The first-order chi connectivity index (χ1) is 9.24. The van der Waals surface area contributed by atoms with E-state index in [9.17, 15) is 4.79 Å². The van der Waals surface area contributed by atoms with Gasteiger partial charge in [-0.2, -0.15) is 0 Å². The second kappa shape index (κ2) is 5.51. The van der Waals surface area contributed by atoms with Gasteiger partial charge in [0.2, 0.25) is 0 Å². The van der Waals surface area contributed by atoms with Crippen LogP contribution in [0.3, 0.4) is 0 Å². The molecule has 5 heteroatoms. The fourth-order valence-electron chi connectivity index (χ4n) is 2.51. The third-order valence-corrected chi connectivity index (χ3v) is 4.02. The van der Waals surface area contributed by atoms with Crippen LogP contribution < -0.4 is 4.74 Å². The molecule has 0 saturated carbocycles. The molecule has 2 heterocycles. The molecular weight excluding hydrogens is 310 g/mol. The van der Waals surface area contributed by atoms with Gasteiger partial charge in [-0.3, -0.25) is 4.79 Å². The lowest BCUT2D eigenvalue weighted by atomic mass is 10.1. The van der Waals surface area contributed by atoms with Gasteiger partial charge in [-0.1, -0.05) is 22.0 Å². The fraction of sp³-hybridized carbons (Fsp3) is 0.500. The topological polar surface area (TPSA) is 38.8 Å². The van der Waals surface area contributed by atoms with E-state index in [1.165, 1.54) is 0 Å². The highest BCUT2D eigenvalue weighted by molar-refractivity contribution is 9.10. The fourth-order valence-corrected chi connectivity index (χ4v) is 2.85. The quantitative estimate of drug-likeness (QED) is 0.795. The summed E-state index contributed by atoms with van der Waals surface area (Å²) in [6.45, 7) is 2.44. The molecule has 0 bridgehead atoms. The monoisotopic (exact) mass is 325 g/mol. The summed E-state index contributed by atoms with van der Waals surface area (Å²) in [5, 5.41) is 0. The Kier molecular flexibility index (Phi) is 3.75. The van der Waals surface area contributed by atoms with Crippen molar-refractivity contribution in [2.75, 3.05) is 19.8 Å². The van der Waals surface area contributed by atoms with Crippen LogP contribution in [0.15, 0.2) is 22.7 Å². The summed E-state index contributed by atoms with van der Waals surface area (Å²) in [6, 6.07) is 5.93. The Balaban J connectivity index is 1.77. The maximum absolute atomic E-state index is 12.4. The van der Waals surface area contributed by atoms with Crippen molar-refractivity contribution in [2.45, 2.75) is 25.5 Å². The van der Waals surface area contributed by atoms with E-state index in [0.717, 1.165) is 28.6 Å². The van der Waals surface area contributed by atoms with E-state index in [0.29, 0.717) is 26.3 Å². The van der Waals surface area contributed by atoms with Crippen molar-refractivity contribution in [2.24, 2.45) is 0 Å². The molecule has 1 unspecified atom stereocenters. The smallest absolute Gasteiger partial charge is 0.252 e. The number of hydrogen-bond donors (Lipinski definition) is 0. The first kappa shape index (κ1) is 12.9. The van der Waals surface area contributed by atoms with Crippen LogP contribution in [0.1, 0.15) is 18.4 Å². The Morgan fingerprint density at radius 2 is 2.26 bits per heavy atom. The molecule has 0 aromatic heterocycles. The van der Waals surface area contributed by atoms with Crippen molar-refractivity contribution >= 4 is 21.8 Å². The summed E-state index contributed by atoms with van der Waals surface area (Å²) < 4.78 is 12.2. The number of nitrogens with zero attached hydrogens (tertiary/aromatic N) is 1. The molecule has 1 atom stereocenters. The van der Waals surface area contributed by atoms with E-state index in [4.69, 9.17) is 9.47 Å². The lowest BCUT2D eigenvalue weighted by Crippen LogP contribution is -2.39. The molecule has 0 aliphatic carbocycles. The molecule has 2 aliphatic rings. The molecule has 1 fully saturated rings. The molecule has 0 radical (unpaired) electrons. The van der Waals surface area contributed by atoms with Crippen LogP contribution in [0.4, 0.5) is 0 Å². The zero-order chi connectivity index (χ0) is 13.2. The lowest BCUT2D eigenvalue weighted by Gasteiger charge is -2.22. The molecule has 4 nitrogen and oxygen atoms in total. The highest BCUT2D eigenvalue weighted by Crippen LogP contribution is 2.27. The van der Waals surface area contributed by atoms with E-state index in [-0.39, 0.29) is 12.0 Å². The summed E-state index contributed by atoms with van der Waals surface area (Å²) >= 11 is 3.43. The zero-order valence-electron chi connectivity index (χ0n) is 10.6. The normalized spacial score (nSPS) is 22.6. The zero-order valence-corrected chi connectivity index (χ0v) is 12.2. The predicted octanol–water partition coefficient (Wildman–Crippen LogP) is 2.35. The highest BCUT2D eigenvalue weighted by atomic mass is 79.9. The molecule has 19 heavy (non-hydrogen) atoms. The summed E-state index contributed by atoms with van der Waals surface area (Å²) in [4.78, 5) is 14.2. The number of halogens is 1. The van der Waals surface area contributed by atoms with E-state index < -0.39 is 0 Å². The molecule has 0 spiro atoms. The van der Waals surface area contributed by atoms with Gasteiger partial charge in [0.1, 0.15) is 18.5 Å². The van der Waals surface area contributed by atoms with Crippen molar-refractivity contribution in [3.8, 4) is 5.75 Å². The maximum Gasteiger partial charge on any atom is 0.252 e. The summed E-state index contributed by atoms with van der Waals surface area (Å²) in [6.07, 6.45) is 1.56. The van der Waals surface area contributed by atoms with Crippen molar-refractivity contribution in [1.82, 2.24) is 4.90 Å². The Morgan fingerprint density at radius 3 is 3.05 bits per heavy atom. The van der Waals surface area contributed by atoms with Crippen LogP contribution in [0.25, 0.3) is 0 Å². The number of ether oxygens (including phenoxy) is 2. The number of fused-ring (bicyclic) bond motifs is 1. The second-order valence-corrected chi connectivity index (χ2v) is 5.78. The van der Waals surface area contributed by atoms with Crippen LogP contribution >= 0.6 is 15.9 Å². The molecule has 1 amide bonds.